The minimum absolute atomic E-state index is 0.616. The number of ether oxygens (including phenoxy) is 1. The summed E-state index contributed by atoms with van der Waals surface area (Å²) in [7, 11) is 3.30. The molecule has 0 heterocycles. The van der Waals surface area contributed by atoms with Gasteiger partial charge in [0.2, 0.25) is 0 Å². The van der Waals surface area contributed by atoms with E-state index in [0.29, 0.717) is 13.0 Å². The lowest BCUT2D eigenvalue weighted by molar-refractivity contribution is 0.197. The summed E-state index contributed by atoms with van der Waals surface area (Å²) in [6, 6.07) is 0. The Bertz CT molecular complexity index is 148. The van der Waals surface area contributed by atoms with E-state index in [2.05, 4.69) is 6.58 Å². The molecule has 0 saturated carbocycles. The molecular weight excluding hydrogens is 128 g/mol. The van der Waals surface area contributed by atoms with E-state index in [-0.39, 0.29) is 0 Å². The van der Waals surface area contributed by atoms with Crippen LogP contribution in [-0.4, -0.2) is 25.7 Å². The molecular formula is C7H12N2O. The van der Waals surface area contributed by atoms with E-state index in [4.69, 9.17) is 10.00 Å². The molecule has 0 rings (SSSR count). The Morgan fingerprint density at radius 1 is 1.80 bits per heavy atom. The van der Waals surface area contributed by atoms with Gasteiger partial charge in [0.25, 0.3) is 0 Å². The van der Waals surface area contributed by atoms with Crippen molar-refractivity contribution in [3.8, 4) is 6.19 Å². The molecule has 3 nitrogen and oxygen atoms in total. The topological polar surface area (TPSA) is 36.3 Å². The van der Waals surface area contributed by atoms with E-state index < -0.39 is 0 Å². The van der Waals surface area contributed by atoms with Crippen molar-refractivity contribution in [1.82, 2.24) is 4.90 Å². The van der Waals surface area contributed by atoms with Crippen LogP contribution in [0.15, 0.2) is 12.3 Å². The summed E-state index contributed by atoms with van der Waals surface area (Å²) in [5.41, 5.74) is 0.782. The van der Waals surface area contributed by atoms with Gasteiger partial charge in [-0.3, -0.25) is 4.90 Å². The average Bonchev–Trinajstić information content (AvgIpc) is 1.98. The number of nitrogens with zero attached hydrogens (tertiary/aromatic N) is 2. The Hall–Kier alpha value is -1.01. The van der Waals surface area contributed by atoms with Crippen molar-refractivity contribution < 1.29 is 4.74 Å². The van der Waals surface area contributed by atoms with Crippen LogP contribution in [0.2, 0.25) is 0 Å². The first-order chi connectivity index (χ1) is 4.72. The Labute approximate surface area is 61.5 Å². The third-order valence-electron chi connectivity index (χ3n) is 1.22. The van der Waals surface area contributed by atoms with Gasteiger partial charge in [0.15, 0.2) is 6.19 Å². The standard InChI is InChI=1S/C7H12N2O/c1-7(4-5-10-3)9(2)6-8/h1,4-5H2,2-3H3. The first kappa shape index (κ1) is 8.99. The molecule has 56 valence electrons. The zero-order chi connectivity index (χ0) is 7.98. The first-order valence-electron chi connectivity index (χ1n) is 3.02. The largest absolute Gasteiger partial charge is 0.384 e. The van der Waals surface area contributed by atoms with Crippen LogP contribution in [0.1, 0.15) is 6.42 Å². The molecule has 0 aliphatic rings. The van der Waals surface area contributed by atoms with E-state index in [9.17, 15) is 0 Å². The van der Waals surface area contributed by atoms with Gasteiger partial charge in [-0.25, -0.2) is 0 Å². The molecule has 0 aromatic rings. The quantitative estimate of drug-likeness (QED) is 0.431. The summed E-state index contributed by atoms with van der Waals surface area (Å²) < 4.78 is 4.81. The second kappa shape index (κ2) is 4.83. The number of rotatable bonds is 4. The average molecular weight is 140 g/mol. The number of methoxy groups -OCH3 is 1. The Kier molecular flexibility index (Phi) is 4.34. The second-order valence-corrected chi connectivity index (χ2v) is 1.97. The van der Waals surface area contributed by atoms with E-state index >= 15 is 0 Å². The fourth-order valence-corrected chi connectivity index (χ4v) is 0.458. The van der Waals surface area contributed by atoms with Gasteiger partial charge in [0.05, 0.1) is 6.61 Å². The number of hydrogen-bond donors (Lipinski definition) is 0. The third kappa shape index (κ3) is 3.10. The molecule has 10 heavy (non-hydrogen) atoms. The van der Waals surface area contributed by atoms with Crippen LogP contribution >= 0.6 is 0 Å². The molecule has 0 unspecified atom stereocenters. The summed E-state index contributed by atoms with van der Waals surface area (Å²) >= 11 is 0. The minimum Gasteiger partial charge on any atom is -0.384 e. The maximum Gasteiger partial charge on any atom is 0.183 e. The third-order valence-corrected chi connectivity index (χ3v) is 1.22. The summed E-state index contributed by atoms with van der Waals surface area (Å²) in [5, 5.41) is 8.38. The lowest BCUT2D eigenvalue weighted by Crippen LogP contribution is -2.10. The highest BCUT2D eigenvalue weighted by Crippen LogP contribution is 2.00. The predicted molar refractivity (Wildman–Crippen MR) is 39.0 cm³/mol. The molecule has 0 aliphatic carbocycles. The lowest BCUT2D eigenvalue weighted by Gasteiger charge is -2.10. The van der Waals surface area contributed by atoms with Gasteiger partial charge in [-0.05, 0) is 0 Å². The highest BCUT2D eigenvalue weighted by Gasteiger charge is 1.97. The van der Waals surface area contributed by atoms with Gasteiger partial charge in [-0.1, -0.05) is 6.58 Å². The van der Waals surface area contributed by atoms with Crippen molar-refractivity contribution in [1.29, 1.82) is 5.26 Å². The minimum atomic E-state index is 0.616. The van der Waals surface area contributed by atoms with Crippen molar-refractivity contribution in [2.24, 2.45) is 0 Å². The fraction of sp³-hybridized carbons (Fsp3) is 0.571. The summed E-state index contributed by atoms with van der Waals surface area (Å²) in [6.45, 7) is 4.30. The predicted octanol–water partition coefficient (Wildman–Crippen LogP) is 0.949. The number of nitriles is 1. The SMILES string of the molecule is C=C(CCOC)N(C)C#N. The zero-order valence-electron chi connectivity index (χ0n) is 6.42. The van der Waals surface area contributed by atoms with Crippen LogP contribution in [0.5, 0.6) is 0 Å². The summed E-state index contributed by atoms with van der Waals surface area (Å²) in [5.74, 6) is 0. The normalized spacial score (nSPS) is 8.50. The molecule has 0 bridgehead atoms. The smallest absolute Gasteiger partial charge is 0.183 e. The van der Waals surface area contributed by atoms with Gasteiger partial charge in [-0.2, -0.15) is 5.26 Å². The van der Waals surface area contributed by atoms with Crippen LogP contribution in [0.3, 0.4) is 0 Å². The molecule has 3 heteroatoms. The van der Waals surface area contributed by atoms with Crippen LogP contribution < -0.4 is 0 Å². The molecule has 0 saturated heterocycles. The Morgan fingerprint density at radius 3 is 2.80 bits per heavy atom. The van der Waals surface area contributed by atoms with Gasteiger partial charge in [-0.15, -0.1) is 0 Å². The second-order valence-electron chi connectivity index (χ2n) is 1.97. The van der Waals surface area contributed by atoms with Crippen molar-refractivity contribution in [3.63, 3.8) is 0 Å². The molecule has 0 fully saturated rings. The van der Waals surface area contributed by atoms with E-state index in [0.717, 1.165) is 5.70 Å². The molecule has 0 aromatic heterocycles. The molecule has 0 atom stereocenters. The van der Waals surface area contributed by atoms with Crippen LogP contribution in [0, 0.1) is 11.5 Å². The first-order valence-corrected chi connectivity index (χ1v) is 3.02. The van der Waals surface area contributed by atoms with Crippen LogP contribution in [0.4, 0.5) is 0 Å². The van der Waals surface area contributed by atoms with Crippen LogP contribution in [0.25, 0.3) is 0 Å². The summed E-state index contributed by atoms with van der Waals surface area (Å²) in [4.78, 5) is 1.43. The molecule has 0 spiro atoms. The molecule has 0 N–H and O–H groups in total. The van der Waals surface area contributed by atoms with E-state index in [1.807, 2.05) is 6.19 Å². The highest BCUT2D eigenvalue weighted by atomic mass is 16.5. The van der Waals surface area contributed by atoms with E-state index in [1.54, 1.807) is 14.2 Å². The van der Waals surface area contributed by atoms with Gasteiger partial charge < -0.3 is 4.74 Å². The van der Waals surface area contributed by atoms with Crippen molar-refractivity contribution in [2.75, 3.05) is 20.8 Å². The van der Waals surface area contributed by atoms with Crippen molar-refractivity contribution in [2.45, 2.75) is 6.42 Å². The van der Waals surface area contributed by atoms with Crippen molar-refractivity contribution >= 4 is 0 Å². The van der Waals surface area contributed by atoms with E-state index in [1.165, 1.54) is 4.90 Å². The molecule has 0 aromatic carbocycles. The molecule has 0 radical (unpaired) electrons. The zero-order valence-corrected chi connectivity index (χ0v) is 6.42. The molecule has 0 aliphatic heterocycles. The highest BCUT2D eigenvalue weighted by molar-refractivity contribution is 4.97. The Morgan fingerprint density at radius 2 is 2.40 bits per heavy atom. The maximum atomic E-state index is 8.38. The van der Waals surface area contributed by atoms with Crippen LogP contribution in [-0.2, 0) is 4.74 Å². The maximum absolute atomic E-state index is 8.38. The molecule has 0 amide bonds. The fourth-order valence-electron chi connectivity index (χ4n) is 0.458. The van der Waals surface area contributed by atoms with Gasteiger partial charge >= 0.3 is 0 Å². The monoisotopic (exact) mass is 140 g/mol. The lowest BCUT2D eigenvalue weighted by atomic mass is 10.3. The van der Waals surface area contributed by atoms with Crippen molar-refractivity contribution in [3.05, 3.63) is 12.3 Å². The van der Waals surface area contributed by atoms with Gasteiger partial charge in [0, 0.05) is 26.3 Å². The van der Waals surface area contributed by atoms with Gasteiger partial charge in [0.1, 0.15) is 0 Å². The number of hydrogen-bond acceptors (Lipinski definition) is 3. The summed E-state index contributed by atoms with van der Waals surface area (Å²) in [6.07, 6.45) is 2.66. The Balaban J connectivity index is 3.54.